The molecule has 0 aliphatic heterocycles. The van der Waals surface area contributed by atoms with Crippen molar-refractivity contribution in [3.8, 4) is 11.8 Å². The van der Waals surface area contributed by atoms with Gasteiger partial charge in [0.2, 0.25) is 0 Å². The summed E-state index contributed by atoms with van der Waals surface area (Å²) in [6.07, 6.45) is 0.962. The summed E-state index contributed by atoms with van der Waals surface area (Å²) >= 11 is 0. The zero-order valence-corrected chi connectivity index (χ0v) is 14.0. The Labute approximate surface area is 146 Å². The molecule has 0 unspecified atom stereocenters. The molecule has 0 spiro atoms. The molecule has 128 valence electrons. The Balaban J connectivity index is 1.80. The summed E-state index contributed by atoms with van der Waals surface area (Å²) in [6, 6.07) is 16.1. The molecule has 2 rings (SSSR count). The number of ether oxygens (including phenoxy) is 2. The Morgan fingerprint density at radius 3 is 2.20 bits per heavy atom. The van der Waals surface area contributed by atoms with Gasteiger partial charge in [0.15, 0.2) is 0 Å². The number of rotatable bonds is 8. The predicted octanol–water partition coefficient (Wildman–Crippen LogP) is 4.70. The van der Waals surface area contributed by atoms with Gasteiger partial charge < -0.3 is 9.47 Å². The second kappa shape index (κ2) is 9.83. The summed E-state index contributed by atoms with van der Waals surface area (Å²) in [5, 5.41) is 17.0. The monoisotopic (exact) mass is 337 g/mol. The molecule has 0 bridgehead atoms. The average molecular weight is 337 g/mol. The lowest BCUT2D eigenvalue weighted by Gasteiger charge is -2.06. The van der Waals surface area contributed by atoms with Gasteiger partial charge in [0, 0.05) is 6.42 Å². The number of hydrogen-bond donors (Lipinski definition) is 0. The van der Waals surface area contributed by atoms with E-state index in [0.29, 0.717) is 48.7 Å². The summed E-state index contributed by atoms with van der Waals surface area (Å²) in [4.78, 5) is 11.2. The topological polar surface area (TPSA) is 84.0 Å². The first-order chi connectivity index (χ1) is 12.2. The number of nitriles is 1. The molecule has 2 aromatic carbocycles. The van der Waals surface area contributed by atoms with Crippen LogP contribution in [0.15, 0.2) is 58.8 Å². The number of nitrogens with zero attached hydrogens (tertiary/aromatic N) is 3. The molecule has 0 amide bonds. The molecule has 0 aliphatic carbocycles. The molecule has 0 saturated carbocycles. The number of hydrogen-bond acceptors (Lipinski definition) is 6. The largest absolute Gasteiger partial charge is 0.494 e. The van der Waals surface area contributed by atoms with E-state index in [1.54, 1.807) is 55.5 Å². The molecular formula is C19H19N3O3. The minimum absolute atomic E-state index is 0.204. The van der Waals surface area contributed by atoms with Crippen LogP contribution in [0, 0.1) is 11.3 Å². The molecule has 25 heavy (non-hydrogen) atoms. The van der Waals surface area contributed by atoms with E-state index in [9.17, 15) is 4.79 Å². The first-order valence-corrected chi connectivity index (χ1v) is 8.01. The molecule has 0 saturated heterocycles. The second-order valence-corrected chi connectivity index (χ2v) is 5.11. The van der Waals surface area contributed by atoms with Crippen LogP contribution < -0.4 is 4.74 Å². The zero-order chi connectivity index (χ0) is 17.9. The Morgan fingerprint density at radius 2 is 1.64 bits per heavy atom. The standard InChI is InChI=1S/C19H19N3O3/c1-2-24-19(23)4-3-13-25-18-11-9-17(10-12-18)22-21-16-7-5-15(14-20)6-8-16/h5-12H,2-4,13H2,1H3. The van der Waals surface area contributed by atoms with Crippen molar-refractivity contribution in [1.82, 2.24) is 0 Å². The fourth-order valence-electron chi connectivity index (χ4n) is 1.97. The van der Waals surface area contributed by atoms with Gasteiger partial charge in [0.1, 0.15) is 5.75 Å². The van der Waals surface area contributed by atoms with Crippen LogP contribution in [0.3, 0.4) is 0 Å². The quantitative estimate of drug-likeness (QED) is 0.397. The van der Waals surface area contributed by atoms with E-state index in [2.05, 4.69) is 16.3 Å². The highest BCUT2D eigenvalue weighted by atomic mass is 16.5. The molecule has 0 fully saturated rings. The molecule has 6 heteroatoms. The Morgan fingerprint density at radius 1 is 1.04 bits per heavy atom. The summed E-state index contributed by atoms with van der Waals surface area (Å²) in [5.74, 6) is 0.505. The van der Waals surface area contributed by atoms with Crippen LogP contribution in [0.1, 0.15) is 25.3 Å². The molecule has 0 aliphatic rings. The van der Waals surface area contributed by atoms with E-state index in [-0.39, 0.29) is 5.97 Å². The van der Waals surface area contributed by atoms with Crippen molar-refractivity contribution < 1.29 is 14.3 Å². The third-order valence-corrected chi connectivity index (χ3v) is 3.21. The average Bonchev–Trinajstić information content (AvgIpc) is 2.65. The van der Waals surface area contributed by atoms with Gasteiger partial charge in [-0.2, -0.15) is 15.5 Å². The van der Waals surface area contributed by atoms with Crippen molar-refractivity contribution in [2.24, 2.45) is 10.2 Å². The van der Waals surface area contributed by atoms with Gasteiger partial charge in [0.25, 0.3) is 0 Å². The normalized spacial score (nSPS) is 10.4. The van der Waals surface area contributed by atoms with Crippen molar-refractivity contribution in [2.75, 3.05) is 13.2 Å². The van der Waals surface area contributed by atoms with Crippen molar-refractivity contribution in [3.05, 3.63) is 54.1 Å². The highest BCUT2D eigenvalue weighted by Crippen LogP contribution is 2.21. The molecule has 2 aromatic rings. The van der Waals surface area contributed by atoms with Gasteiger partial charge in [-0.05, 0) is 61.9 Å². The van der Waals surface area contributed by atoms with Gasteiger partial charge in [-0.25, -0.2) is 0 Å². The van der Waals surface area contributed by atoms with E-state index < -0.39 is 0 Å². The summed E-state index contributed by atoms with van der Waals surface area (Å²) < 4.78 is 10.4. The maximum Gasteiger partial charge on any atom is 0.305 e. The molecule has 0 radical (unpaired) electrons. The second-order valence-electron chi connectivity index (χ2n) is 5.11. The number of azo groups is 1. The Hall–Kier alpha value is -3.20. The molecular weight excluding hydrogens is 318 g/mol. The van der Waals surface area contributed by atoms with Crippen molar-refractivity contribution in [2.45, 2.75) is 19.8 Å². The van der Waals surface area contributed by atoms with E-state index in [1.807, 2.05) is 0 Å². The predicted molar refractivity (Wildman–Crippen MR) is 93.1 cm³/mol. The van der Waals surface area contributed by atoms with E-state index in [0.717, 1.165) is 0 Å². The molecule has 6 nitrogen and oxygen atoms in total. The van der Waals surface area contributed by atoms with Crippen LogP contribution in [0.2, 0.25) is 0 Å². The van der Waals surface area contributed by atoms with Crippen LogP contribution in [0.5, 0.6) is 5.75 Å². The van der Waals surface area contributed by atoms with Crippen LogP contribution in [0.4, 0.5) is 11.4 Å². The maximum atomic E-state index is 11.2. The molecule has 0 aromatic heterocycles. The number of benzene rings is 2. The van der Waals surface area contributed by atoms with Gasteiger partial charge in [0.05, 0.1) is 36.2 Å². The summed E-state index contributed by atoms with van der Waals surface area (Å²) in [6.45, 7) is 2.64. The first kappa shape index (κ1) is 18.1. The molecule has 0 N–H and O–H groups in total. The minimum Gasteiger partial charge on any atom is -0.494 e. The lowest BCUT2D eigenvalue weighted by molar-refractivity contribution is -0.143. The minimum atomic E-state index is -0.204. The number of esters is 1. The van der Waals surface area contributed by atoms with Crippen molar-refractivity contribution in [1.29, 1.82) is 5.26 Å². The lowest BCUT2D eigenvalue weighted by atomic mass is 10.2. The molecule has 0 heterocycles. The summed E-state index contributed by atoms with van der Waals surface area (Å²) in [5.41, 5.74) is 1.96. The number of carbonyl (C=O) groups is 1. The third kappa shape index (κ3) is 6.43. The number of carbonyl (C=O) groups excluding carboxylic acids is 1. The van der Waals surface area contributed by atoms with Crippen LogP contribution in [-0.2, 0) is 9.53 Å². The van der Waals surface area contributed by atoms with Crippen LogP contribution >= 0.6 is 0 Å². The SMILES string of the molecule is CCOC(=O)CCCOc1ccc(N=Nc2ccc(C#N)cc2)cc1. The summed E-state index contributed by atoms with van der Waals surface area (Å²) in [7, 11) is 0. The fraction of sp³-hybridized carbons (Fsp3) is 0.263. The highest BCUT2D eigenvalue weighted by molar-refractivity contribution is 5.69. The Bertz CT molecular complexity index is 747. The van der Waals surface area contributed by atoms with Gasteiger partial charge >= 0.3 is 5.97 Å². The highest BCUT2D eigenvalue weighted by Gasteiger charge is 2.01. The van der Waals surface area contributed by atoms with E-state index in [4.69, 9.17) is 14.7 Å². The maximum absolute atomic E-state index is 11.2. The van der Waals surface area contributed by atoms with Crippen LogP contribution in [0.25, 0.3) is 0 Å². The van der Waals surface area contributed by atoms with Crippen LogP contribution in [-0.4, -0.2) is 19.2 Å². The van der Waals surface area contributed by atoms with E-state index in [1.165, 1.54) is 0 Å². The third-order valence-electron chi connectivity index (χ3n) is 3.21. The lowest BCUT2D eigenvalue weighted by Crippen LogP contribution is -2.06. The van der Waals surface area contributed by atoms with Crippen molar-refractivity contribution in [3.63, 3.8) is 0 Å². The zero-order valence-electron chi connectivity index (χ0n) is 14.0. The first-order valence-electron chi connectivity index (χ1n) is 8.01. The molecule has 0 atom stereocenters. The van der Waals surface area contributed by atoms with Gasteiger partial charge in [-0.1, -0.05) is 0 Å². The fourth-order valence-corrected chi connectivity index (χ4v) is 1.97. The van der Waals surface area contributed by atoms with Crippen molar-refractivity contribution >= 4 is 17.3 Å². The van der Waals surface area contributed by atoms with Gasteiger partial charge in [-0.3, -0.25) is 4.79 Å². The Kier molecular flexibility index (Phi) is 7.13. The van der Waals surface area contributed by atoms with E-state index >= 15 is 0 Å². The smallest absolute Gasteiger partial charge is 0.305 e. The van der Waals surface area contributed by atoms with Gasteiger partial charge in [-0.15, -0.1) is 0 Å².